The minimum Gasteiger partial charge on any atom is -0.324 e. The lowest BCUT2D eigenvalue weighted by atomic mass is 10.2. The highest BCUT2D eigenvalue weighted by Gasteiger charge is 2.00. The molecule has 0 saturated heterocycles. The average Bonchev–Trinajstić information content (AvgIpc) is 2.40. The molecule has 18 heavy (non-hydrogen) atoms. The number of nitrogens with one attached hydrogen (secondary N) is 1. The Morgan fingerprint density at radius 1 is 1.00 bits per heavy atom. The molecule has 0 aliphatic carbocycles. The summed E-state index contributed by atoms with van der Waals surface area (Å²) in [7, 11) is 0. The average molecular weight is 300 g/mol. The summed E-state index contributed by atoms with van der Waals surface area (Å²) in [6, 6.07) is 15.8. The van der Waals surface area contributed by atoms with E-state index in [0.29, 0.717) is 5.95 Å². The molecule has 0 bridgehead atoms. The molecule has 0 atom stereocenters. The quantitative estimate of drug-likeness (QED) is 0.773. The van der Waals surface area contributed by atoms with Crippen molar-refractivity contribution in [1.82, 2.24) is 9.97 Å². The summed E-state index contributed by atoms with van der Waals surface area (Å²) in [6.07, 6.45) is 1.82. The zero-order valence-corrected chi connectivity index (χ0v) is 11.1. The third-order valence-electron chi connectivity index (χ3n) is 2.57. The highest BCUT2D eigenvalue weighted by Crippen LogP contribution is 2.19. The highest BCUT2D eigenvalue weighted by atomic mass is 79.9. The van der Waals surface area contributed by atoms with Crippen LogP contribution in [0.2, 0.25) is 0 Å². The van der Waals surface area contributed by atoms with Crippen molar-refractivity contribution in [2.75, 3.05) is 5.32 Å². The van der Waals surface area contributed by atoms with Crippen LogP contribution in [0.1, 0.15) is 0 Å². The predicted molar refractivity (Wildman–Crippen MR) is 77.0 cm³/mol. The highest BCUT2D eigenvalue weighted by molar-refractivity contribution is 9.10. The number of hydrogen-bond acceptors (Lipinski definition) is 3. The zero-order valence-electron chi connectivity index (χ0n) is 9.47. The van der Waals surface area contributed by atoms with E-state index in [1.54, 1.807) is 0 Å². The summed E-state index contributed by atoms with van der Waals surface area (Å²) in [5.41, 5.74) is 1.90. The molecule has 0 spiro atoms. The molecule has 0 saturated carbocycles. The summed E-state index contributed by atoms with van der Waals surface area (Å²) in [6.45, 7) is 0. The number of fused-ring (bicyclic) bond motifs is 1. The summed E-state index contributed by atoms with van der Waals surface area (Å²) in [4.78, 5) is 8.77. The zero-order chi connectivity index (χ0) is 12.4. The fourth-order valence-corrected chi connectivity index (χ4v) is 2.09. The van der Waals surface area contributed by atoms with E-state index < -0.39 is 0 Å². The Hall–Kier alpha value is -1.94. The maximum atomic E-state index is 4.47. The van der Waals surface area contributed by atoms with Gasteiger partial charge < -0.3 is 5.32 Å². The molecule has 1 N–H and O–H groups in total. The predicted octanol–water partition coefficient (Wildman–Crippen LogP) is 4.14. The van der Waals surface area contributed by atoms with Gasteiger partial charge >= 0.3 is 0 Å². The number of anilines is 2. The van der Waals surface area contributed by atoms with E-state index in [1.165, 1.54) is 0 Å². The topological polar surface area (TPSA) is 37.8 Å². The molecular weight excluding hydrogens is 290 g/mol. The fraction of sp³-hybridized carbons (Fsp3) is 0. The van der Waals surface area contributed by atoms with Gasteiger partial charge in [0.05, 0.1) is 5.52 Å². The number of aromatic nitrogens is 2. The smallest absolute Gasteiger partial charge is 0.227 e. The van der Waals surface area contributed by atoms with Crippen LogP contribution in [-0.4, -0.2) is 9.97 Å². The molecule has 0 amide bonds. The van der Waals surface area contributed by atoms with E-state index in [0.717, 1.165) is 21.1 Å². The van der Waals surface area contributed by atoms with Gasteiger partial charge in [0.25, 0.3) is 0 Å². The maximum absolute atomic E-state index is 4.47. The molecular formula is C14H10BrN3. The van der Waals surface area contributed by atoms with Gasteiger partial charge in [0.15, 0.2) is 0 Å². The third kappa shape index (κ3) is 2.33. The van der Waals surface area contributed by atoms with E-state index in [-0.39, 0.29) is 0 Å². The molecule has 1 heterocycles. The van der Waals surface area contributed by atoms with Crippen molar-refractivity contribution >= 4 is 38.5 Å². The first-order valence-electron chi connectivity index (χ1n) is 5.56. The van der Waals surface area contributed by atoms with Gasteiger partial charge in [-0.2, -0.15) is 0 Å². The summed E-state index contributed by atoms with van der Waals surface area (Å²) >= 11 is 3.43. The molecule has 3 nitrogen and oxygen atoms in total. The van der Waals surface area contributed by atoms with Gasteiger partial charge in [-0.1, -0.05) is 34.1 Å². The minimum atomic E-state index is 0.607. The second-order valence-electron chi connectivity index (χ2n) is 3.89. The largest absolute Gasteiger partial charge is 0.324 e. The number of hydrogen-bond donors (Lipinski definition) is 1. The lowest BCUT2D eigenvalue weighted by Crippen LogP contribution is -1.96. The van der Waals surface area contributed by atoms with Gasteiger partial charge in [0.2, 0.25) is 5.95 Å². The number of nitrogens with zero attached hydrogens (tertiary/aromatic N) is 2. The molecule has 0 unspecified atom stereocenters. The molecule has 4 heteroatoms. The standard InChI is InChI=1S/C14H10BrN3/c15-11-6-7-13-10(8-11)9-16-14(18-13)17-12-4-2-1-3-5-12/h1-9H,(H,16,17,18). The van der Waals surface area contributed by atoms with E-state index in [4.69, 9.17) is 0 Å². The molecule has 3 rings (SSSR count). The Labute approximate surface area is 113 Å². The van der Waals surface area contributed by atoms with Crippen LogP contribution in [0.25, 0.3) is 10.9 Å². The molecule has 3 aromatic rings. The maximum Gasteiger partial charge on any atom is 0.227 e. The molecule has 2 aromatic carbocycles. The second kappa shape index (κ2) is 4.74. The van der Waals surface area contributed by atoms with Crippen LogP contribution in [0.4, 0.5) is 11.6 Å². The first kappa shape index (κ1) is 11.2. The fourth-order valence-electron chi connectivity index (χ4n) is 1.72. The third-order valence-corrected chi connectivity index (χ3v) is 3.07. The van der Waals surface area contributed by atoms with Gasteiger partial charge in [0, 0.05) is 21.7 Å². The number of rotatable bonds is 2. The Morgan fingerprint density at radius 2 is 1.83 bits per heavy atom. The van der Waals surface area contributed by atoms with Crippen molar-refractivity contribution in [3.05, 3.63) is 59.2 Å². The lowest BCUT2D eigenvalue weighted by molar-refractivity contribution is 1.21. The summed E-state index contributed by atoms with van der Waals surface area (Å²) in [5.74, 6) is 0.607. The SMILES string of the molecule is Brc1ccc2nc(Nc3ccccc3)ncc2c1. The van der Waals surface area contributed by atoms with Crippen LogP contribution >= 0.6 is 15.9 Å². The van der Waals surface area contributed by atoms with Gasteiger partial charge in [-0.25, -0.2) is 9.97 Å². The molecule has 0 aliphatic heterocycles. The van der Waals surface area contributed by atoms with Crippen molar-refractivity contribution in [3.63, 3.8) is 0 Å². The van der Waals surface area contributed by atoms with Crippen molar-refractivity contribution in [3.8, 4) is 0 Å². The molecule has 0 radical (unpaired) electrons. The van der Waals surface area contributed by atoms with Gasteiger partial charge in [-0.15, -0.1) is 0 Å². The molecule has 1 aromatic heterocycles. The number of para-hydroxylation sites is 1. The van der Waals surface area contributed by atoms with Crippen LogP contribution < -0.4 is 5.32 Å². The second-order valence-corrected chi connectivity index (χ2v) is 4.80. The van der Waals surface area contributed by atoms with Crippen LogP contribution in [0.3, 0.4) is 0 Å². The summed E-state index contributed by atoms with van der Waals surface area (Å²) in [5, 5.41) is 4.19. The Balaban J connectivity index is 1.96. The van der Waals surface area contributed by atoms with E-state index in [1.807, 2.05) is 54.7 Å². The van der Waals surface area contributed by atoms with Gasteiger partial charge in [-0.05, 0) is 30.3 Å². The van der Waals surface area contributed by atoms with Crippen molar-refractivity contribution in [1.29, 1.82) is 0 Å². The first-order valence-corrected chi connectivity index (χ1v) is 6.35. The van der Waals surface area contributed by atoms with Crippen molar-refractivity contribution in [2.24, 2.45) is 0 Å². The van der Waals surface area contributed by atoms with E-state index in [9.17, 15) is 0 Å². The minimum absolute atomic E-state index is 0.607. The van der Waals surface area contributed by atoms with Crippen molar-refractivity contribution in [2.45, 2.75) is 0 Å². The van der Waals surface area contributed by atoms with E-state index in [2.05, 4.69) is 31.2 Å². The van der Waals surface area contributed by atoms with Gasteiger partial charge in [0.1, 0.15) is 0 Å². The molecule has 88 valence electrons. The van der Waals surface area contributed by atoms with Crippen LogP contribution in [0.5, 0.6) is 0 Å². The Kier molecular flexibility index (Phi) is 2.94. The Morgan fingerprint density at radius 3 is 2.67 bits per heavy atom. The lowest BCUT2D eigenvalue weighted by Gasteiger charge is -2.05. The monoisotopic (exact) mass is 299 g/mol. The summed E-state index contributed by atoms with van der Waals surface area (Å²) < 4.78 is 1.03. The molecule has 0 fully saturated rings. The number of halogens is 1. The molecule has 0 aliphatic rings. The van der Waals surface area contributed by atoms with Crippen LogP contribution in [0, 0.1) is 0 Å². The van der Waals surface area contributed by atoms with Crippen molar-refractivity contribution < 1.29 is 0 Å². The van der Waals surface area contributed by atoms with Crippen LogP contribution in [-0.2, 0) is 0 Å². The normalized spacial score (nSPS) is 10.5. The number of benzene rings is 2. The Bertz CT molecular complexity index is 683. The van der Waals surface area contributed by atoms with Gasteiger partial charge in [-0.3, -0.25) is 0 Å². The van der Waals surface area contributed by atoms with E-state index >= 15 is 0 Å². The van der Waals surface area contributed by atoms with Crippen LogP contribution in [0.15, 0.2) is 59.2 Å². The first-order chi connectivity index (χ1) is 8.81.